The van der Waals surface area contributed by atoms with Crippen LogP contribution >= 0.6 is 0 Å². The van der Waals surface area contributed by atoms with Gasteiger partial charge in [0, 0.05) is 17.2 Å². The van der Waals surface area contributed by atoms with Crippen LogP contribution in [0.25, 0.3) is 0 Å². The Morgan fingerprint density at radius 3 is 2.63 bits per heavy atom. The zero-order valence-corrected chi connectivity index (χ0v) is 11.9. The van der Waals surface area contributed by atoms with Crippen molar-refractivity contribution in [2.75, 3.05) is 14.2 Å². The lowest BCUT2D eigenvalue weighted by atomic mass is 9.65. The fourth-order valence-corrected chi connectivity index (χ4v) is 3.53. The lowest BCUT2D eigenvalue weighted by molar-refractivity contribution is 0.268. The maximum absolute atomic E-state index is 5.46. The van der Waals surface area contributed by atoms with E-state index in [0.717, 1.165) is 11.5 Å². The average Bonchev–Trinajstić information content (AvgIpc) is 2.45. The predicted molar refractivity (Wildman–Crippen MR) is 76.7 cm³/mol. The summed E-state index contributed by atoms with van der Waals surface area (Å²) in [7, 11) is 3.37. The Hall–Kier alpha value is -1.51. The molecule has 1 saturated carbocycles. The molecule has 0 spiro atoms. The number of methoxy groups -OCH3 is 2. The zero-order chi connectivity index (χ0) is 13.5. The smallest absolute Gasteiger partial charge is 0.161 e. The molecular formula is C16H21NO2. The molecule has 2 aliphatic rings. The highest BCUT2D eigenvalue weighted by Gasteiger charge is 2.41. The normalized spacial score (nSPS) is 28.5. The van der Waals surface area contributed by atoms with Crippen LogP contribution in [0.1, 0.15) is 43.7 Å². The Morgan fingerprint density at radius 2 is 1.89 bits per heavy atom. The first-order chi connectivity index (χ1) is 9.19. The van der Waals surface area contributed by atoms with E-state index < -0.39 is 0 Å². The Balaban J connectivity index is 2.14. The molecule has 3 nitrogen and oxygen atoms in total. The van der Waals surface area contributed by atoms with E-state index in [1.807, 2.05) is 12.3 Å². The van der Waals surface area contributed by atoms with Gasteiger partial charge in [0.1, 0.15) is 0 Å². The Bertz CT molecular complexity index is 524. The molecule has 0 aromatic heterocycles. The van der Waals surface area contributed by atoms with E-state index in [9.17, 15) is 0 Å². The molecule has 102 valence electrons. The summed E-state index contributed by atoms with van der Waals surface area (Å²) >= 11 is 0. The first-order valence-corrected chi connectivity index (χ1v) is 6.98. The Kier molecular flexibility index (Phi) is 3.00. The molecule has 0 bridgehead atoms. The molecule has 3 rings (SSSR count). The van der Waals surface area contributed by atoms with Gasteiger partial charge in [-0.3, -0.25) is 4.99 Å². The second kappa shape index (κ2) is 4.55. The van der Waals surface area contributed by atoms with Crippen LogP contribution in [-0.4, -0.2) is 26.5 Å². The molecule has 19 heavy (non-hydrogen) atoms. The number of aliphatic imine (C=N–C) groups is 1. The highest BCUT2D eigenvalue weighted by molar-refractivity contribution is 5.86. The van der Waals surface area contributed by atoms with Gasteiger partial charge in [-0.2, -0.15) is 0 Å². The van der Waals surface area contributed by atoms with Crippen LogP contribution < -0.4 is 9.47 Å². The number of hydrogen-bond acceptors (Lipinski definition) is 3. The van der Waals surface area contributed by atoms with Crippen molar-refractivity contribution in [3.8, 4) is 11.5 Å². The lowest BCUT2D eigenvalue weighted by Crippen LogP contribution is -2.41. The van der Waals surface area contributed by atoms with Crippen molar-refractivity contribution in [3.05, 3.63) is 23.3 Å². The molecular weight excluding hydrogens is 238 g/mol. The number of ether oxygens (including phenoxy) is 2. The first kappa shape index (κ1) is 12.5. The molecule has 0 N–H and O–H groups in total. The maximum atomic E-state index is 5.46. The van der Waals surface area contributed by atoms with Gasteiger partial charge in [0.25, 0.3) is 0 Å². The van der Waals surface area contributed by atoms with Crippen LogP contribution in [0, 0.1) is 0 Å². The highest BCUT2D eigenvalue weighted by atomic mass is 16.5. The van der Waals surface area contributed by atoms with Crippen molar-refractivity contribution < 1.29 is 9.47 Å². The summed E-state index contributed by atoms with van der Waals surface area (Å²) in [6, 6.07) is 4.62. The third-order valence-corrected chi connectivity index (χ3v) is 4.72. The summed E-state index contributed by atoms with van der Waals surface area (Å²) in [5.41, 5.74) is 2.70. The number of nitrogens with zero attached hydrogens (tertiary/aromatic N) is 1. The van der Waals surface area contributed by atoms with Gasteiger partial charge in [-0.15, -0.1) is 0 Å². The summed E-state index contributed by atoms with van der Waals surface area (Å²) in [6.07, 6.45) is 6.99. The van der Waals surface area contributed by atoms with E-state index in [0.29, 0.717) is 6.04 Å². The Labute approximate surface area is 114 Å². The van der Waals surface area contributed by atoms with Gasteiger partial charge in [-0.25, -0.2) is 0 Å². The number of rotatable bonds is 2. The minimum atomic E-state index is 0.155. The molecule has 2 unspecified atom stereocenters. The van der Waals surface area contributed by atoms with Crippen LogP contribution in [0.3, 0.4) is 0 Å². The van der Waals surface area contributed by atoms with Crippen molar-refractivity contribution in [3.63, 3.8) is 0 Å². The van der Waals surface area contributed by atoms with Crippen molar-refractivity contribution in [2.24, 2.45) is 4.99 Å². The quantitative estimate of drug-likeness (QED) is 0.815. The third kappa shape index (κ3) is 1.83. The van der Waals surface area contributed by atoms with Crippen molar-refractivity contribution >= 4 is 6.21 Å². The fourth-order valence-electron chi connectivity index (χ4n) is 3.53. The molecule has 1 aromatic carbocycles. The van der Waals surface area contributed by atoms with E-state index in [1.54, 1.807) is 14.2 Å². The third-order valence-electron chi connectivity index (χ3n) is 4.72. The lowest BCUT2D eigenvalue weighted by Gasteiger charge is -2.43. The number of fused-ring (bicyclic) bond motifs is 3. The van der Waals surface area contributed by atoms with Crippen molar-refractivity contribution in [1.29, 1.82) is 0 Å². The number of hydrogen-bond donors (Lipinski definition) is 0. The standard InChI is InChI=1S/C16H21NO2/c1-16-7-5-4-6-15(16)17-10-11-8-13(18-2)14(19-3)9-12(11)16/h8-10,15H,4-7H2,1-3H3. The summed E-state index contributed by atoms with van der Waals surface area (Å²) < 4.78 is 10.8. The van der Waals surface area contributed by atoms with Crippen LogP contribution in [0.4, 0.5) is 0 Å². The second-order valence-electron chi connectivity index (χ2n) is 5.75. The maximum Gasteiger partial charge on any atom is 0.161 e. The van der Waals surface area contributed by atoms with Gasteiger partial charge < -0.3 is 9.47 Å². The second-order valence-corrected chi connectivity index (χ2v) is 5.75. The largest absolute Gasteiger partial charge is 0.493 e. The minimum absolute atomic E-state index is 0.155. The van der Waals surface area contributed by atoms with E-state index in [1.165, 1.54) is 36.8 Å². The van der Waals surface area contributed by atoms with Crippen molar-refractivity contribution in [1.82, 2.24) is 0 Å². The first-order valence-electron chi connectivity index (χ1n) is 6.98. The summed E-state index contributed by atoms with van der Waals surface area (Å²) in [5.74, 6) is 1.60. The van der Waals surface area contributed by atoms with E-state index >= 15 is 0 Å². The van der Waals surface area contributed by atoms with E-state index in [2.05, 4.69) is 13.0 Å². The molecule has 0 amide bonds. The van der Waals surface area contributed by atoms with Crippen LogP contribution in [0.15, 0.2) is 17.1 Å². The minimum Gasteiger partial charge on any atom is -0.493 e. The average molecular weight is 259 g/mol. The van der Waals surface area contributed by atoms with Gasteiger partial charge in [-0.1, -0.05) is 19.8 Å². The topological polar surface area (TPSA) is 30.8 Å². The molecule has 1 aliphatic heterocycles. The molecule has 0 saturated heterocycles. The monoisotopic (exact) mass is 259 g/mol. The van der Waals surface area contributed by atoms with Gasteiger partial charge in [0.2, 0.25) is 0 Å². The summed E-state index contributed by atoms with van der Waals surface area (Å²) in [5, 5.41) is 0. The van der Waals surface area contributed by atoms with Crippen LogP contribution in [0.5, 0.6) is 11.5 Å². The van der Waals surface area contributed by atoms with E-state index in [4.69, 9.17) is 14.5 Å². The van der Waals surface area contributed by atoms with Crippen molar-refractivity contribution in [2.45, 2.75) is 44.1 Å². The molecule has 1 aromatic rings. The summed E-state index contributed by atoms with van der Waals surface area (Å²) in [6.45, 7) is 2.35. The molecule has 1 aliphatic carbocycles. The van der Waals surface area contributed by atoms with Gasteiger partial charge in [0.15, 0.2) is 11.5 Å². The molecule has 2 atom stereocenters. The zero-order valence-electron chi connectivity index (χ0n) is 11.9. The predicted octanol–water partition coefficient (Wildman–Crippen LogP) is 3.34. The SMILES string of the molecule is COc1cc2c(cc1OC)C1(C)CCCCC1N=C2. The Morgan fingerprint density at radius 1 is 1.16 bits per heavy atom. The molecule has 1 heterocycles. The van der Waals surface area contributed by atoms with Crippen LogP contribution in [0.2, 0.25) is 0 Å². The molecule has 1 fully saturated rings. The van der Waals surface area contributed by atoms with Gasteiger partial charge in [-0.05, 0) is 30.5 Å². The molecule has 3 heteroatoms. The van der Waals surface area contributed by atoms with Crippen LogP contribution in [-0.2, 0) is 5.41 Å². The van der Waals surface area contributed by atoms with Gasteiger partial charge in [0.05, 0.1) is 20.3 Å². The highest BCUT2D eigenvalue weighted by Crippen LogP contribution is 2.46. The van der Waals surface area contributed by atoms with Gasteiger partial charge >= 0.3 is 0 Å². The van der Waals surface area contributed by atoms with E-state index in [-0.39, 0.29) is 5.41 Å². The fraction of sp³-hybridized carbons (Fsp3) is 0.562. The molecule has 0 radical (unpaired) electrons. The summed E-state index contributed by atoms with van der Waals surface area (Å²) in [4.78, 5) is 4.77. The number of benzene rings is 1.